The maximum absolute atomic E-state index is 8.79. The van der Waals surface area contributed by atoms with E-state index in [2.05, 4.69) is 0 Å². The van der Waals surface area contributed by atoms with Gasteiger partial charge in [-0.3, -0.25) is 0 Å². The van der Waals surface area contributed by atoms with Crippen molar-refractivity contribution in [3.05, 3.63) is 28.8 Å². The second kappa shape index (κ2) is 4.00. The van der Waals surface area contributed by atoms with Crippen molar-refractivity contribution in [2.75, 3.05) is 6.26 Å². The third-order valence-electron chi connectivity index (χ3n) is 1.43. The lowest BCUT2D eigenvalue weighted by molar-refractivity contribution is 0.282. The normalized spacial score (nSPS) is 10.1. The molecule has 0 heterocycles. The Kier molecular flexibility index (Phi) is 3.24. The van der Waals surface area contributed by atoms with Crippen molar-refractivity contribution in [2.45, 2.75) is 11.5 Å². The lowest BCUT2D eigenvalue weighted by Crippen LogP contribution is -1.84. The fourth-order valence-electron chi connectivity index (χ4n) is 0.783. The minimum absolute atomic E-state index is 0.00743. The van der Waals surface area contributed by atoms with Crippen LogP contribution in [0.25, 0.3) is 0 Å². The molecule has 0 amide bonds. The monoisotopic (exact) mass is 188 g/mol. The predicted molar refractivity (Wildman–Crippen MR) is 49.2 cm³/mol. The molecule has 0 spiro atoms. The summed E-state index contributed by atoms with van der Waals surface area (Å²) in [6.45, 7) is 0.00743. The minimum atomic E-state index is 0.00743. The Hall–Kier alpha value is -0.180. The molecule has 1 nitrogen and oxygen atoms in total. The summed E-state index contributed by atoms with van der Waals surface area (Å²) in [4.78, 5) is 1.12. The maximum Gasteiger partial charge on any atom is 0.0696 e. The van der Waals surface area contributed by atoms with Gasteiger partial charge >= 0.3 is 0 Å². The second-order valence-electron chi connectivity index (χ2n) is 2.12. The van der Waals surface area contributed by atoms with Crippen molar-refractivity contribution < 1.29 is 5.11 Å². The van der Waals surface area contributed by atoms with Crippen molar-refractivity contribution in [3.8, 4) is 0 Å². The molecule has 1 aromatic carbocycles. The molecule has 1 rings (SSSR count). The van der Waals surface area contributed by atoms with Crippen LogP contribution in [0.3, 0.4) is 0 Å². The van der Waals surface area contributed by atoms with Gasteiger partial charge in [-0.1, -0.05) is 17.7 Å². The molecule has 0 atom stereocenters. The van der Waals surface area contributed by atoms with Gasteiger partial charge in [-0.15, -0.1) is 11.8 Å². The van der Waals surface area contributed by atoms with Gasteiger partial charge in [0.2, 0.25) is 0 Å². The number of thioether (sulfide) groups is 1. The van der Waals surface area contributed by atoms with Crippen LogP contribution < -0.4 is 0 Å². The highest BCUT2D eigenvalue weighted by molar-refractivity contribution is 7.98. The summed E-state index contributed by atoms with van der Waals surface area (Å²) in [6.07, 6.45) is 1.99. The van der Waals surface area contributed by atoms with Gasteiger partial charge in [0.05, 0.1) is 6.61 Å². The van der Waals surface area contributed by atoms with Crippen LogP contribution in [-0.4, -0.2) is 11.4 Å². The van der Waals surface area contributed by atoms with E-state index in [0.29, 0.717) is 5.02 Å². The van der Waals surface area contributed by atoms with E-state index < -0.39 is 0 Å². The summed E-state index contributed by atoms with van der Waals surface area (Å²) in [5, 5.41) is 9.43. The first-order chi connectivity index (χ1) is 5.27. The molecule has 0 saturated carbocycles. The molecule has 0 unspecified atom stereocenters. The Balaban J connectivity index is 2.99. The first-order valence-corrected chi connectivity index (χ1v) is 4.81. The van der Waals surface area contributed by atoms with Crippen LogP contribution in [0.2, 0.25) is 5.02 Å². The van der Waals surface area contributed by atoms with E-state index in [1.165, 1.54) is 0 Å². The molecule has 1 aromatic rings. The highest BCUT2D eigenvalue weighted by atomic mass is 35.5. The molecule has 3 heteroatoms. The molecule has 0 saturated heterocycles. The quantitative estimate of drug-likeness (QED) is 0.720. The Morgan fingerprint density at radius 1 is 1.55 bits per heavy atom. The standard InChI is InChI=1S/C8H9ClOS/c1-11-7-3-2-6(5-10)8(9)4-7/h2-4,10H,5H2,1H3. The topological polar surface area (TPSA) is 20.2 Å². The number of hydrogen-bond acceptors (Lipinski definition) is 2. The van der Waals surface area contributed by atoms with Crippen molar-refractivity contribution in [2.24, 2.45) is 0 Å². The average Bonchev–Trinajstić information content (AvgIpc) is 2.04. The van der Waals surface area contributed by atoms with E-state index in [0.717, 1.165) is 10.5 Å². The van der Waals surface area contributed by atoms with Crippen molar-refractivity contribution in [1.82, 2.24) is 0 Å². The molecule has 0 radical (unpaired) electrons. The van der Waals surface area contributed by atoms with Gasteiger partial charge in [0.1, 0.15) is 0 Å². The number of halogens is 1. The first-order valence-electron chi connectivity index (χ1n) is 3.21. The Morgan fingerprint density at radius 2 is 2.27 bits per heavy atom. The van der Waals surface area contributed by atoms with E-state index in [1.807, 2.05) is 24.5 Å². The molecule has 60 valence electrons. The fourth-order valence-corrected chi connectivity index (χ4v) is 1.53. The molecule has 0 aliphatic rings. The van der Waals surface area contributed by atoms with Gasteiger partial charge in [-0.05, 0) is 24.0 Å². The zero-order valence-corrected chi connectivity index (χ0v) is 7.75. The molecule has 0 aliphatic heterocycles. The first kappa shape index (κ1) is 8.91. The summed E-state index contributed by atoms with van der Waals surface area (Å²) >= 11 is 7.47. The van der Waals surface area contributed by atoms with Crippen molar-refractivity contribution in [1.29, 1.82) is 0 Å². The zero-order valence-electron chi connectivity index (χ0n) is 6.17. The third-order valence-corrected chi connectivity index (χ3v) is 2.51. The largest absolute Gasteiger partial charge is 0.392 e. The summed E-state index contributed by atoms with van der Waals surface area (Å²) < 4.78 is 0. The average molecular weight is 189 g/mol. The number of aliphatic hydroxyl groups is 1. The van der Waals surface area contributed by atoms with Crippen LogP contribution in [0.4, 0.5) is 0 Å². The van der Waals surface area contributed by atoms with Gasteiger partial charge < -0.3 is 5.11 Å². The zero-order chi connectivity index (χ0) is 8.27. The Labute approximate surface area is 75.4 Å². The molecular weight excluding hydrogens is 180 g/mol. The number of rotatable bonds is 2. The second-order valence-corrected chi connectivity index (χ2v) is 3.40. The minimum Gasteiger partial charge on any atom is -0.392 e. The SMILES string of the molecule is CSc1ccc(CO)c(Cl)c1. The smallest absolute Gasteiger partial charge is 0.0696 e. The van der Waals surface area contributed by atoms with Crippen LogP contribution in [0.15, 0.2) is 23.1 Å². The van der Waals surface area contributed by atoms with Crippen LogP contribution in [0, 0.1) is 0 Å². The van der Waals surface area contributed by atoms with E-state index in [9.17, 15) is 0 Å². The number of benzene rings is 1. The van der Waals surface area contributed by atoms with Crippen molar-refractivity contribution in [3.63, 3.8) is 0 Å². The third kappa shape index (κ3) is 2.12. The summed E-state index contributed by atoms with van der Waals surface area (Å²) in [5.74, 6) is 0. The fraction of sp³-hybridized carbons (Fsp3) is 0.250. The van der Waals surface area contributed by atoms with Gasteiger partial charge in [0, 0.05) is 9.92 Å². The number of hydrogen-bond donors (Lipinski definition) is 1. The summed E-state index contributed by atoms with van der Waals surface area (Å²) in [5.41, 5.74) is 0.782. The van der Waals surface area contributed by atoms with Crippen LogP contribution in [-0.2, 0) is 6.61 Å². The van der Waals surface area contributed by atoms with E-state index in [4.69, 9.17) is 16.7 Å². The number of aliphatic hydroxyl groups excluding tert-OH is 1. The van der Waals surface area contributed by atoms with Gasteiger partial charge in [0.15, 0.2) is 0 Å². The van der Waals surface area contributed by atoms with Crippen LogP contribution in [0.5, 0.6) is 0 Å². The summed E-state index contributed by atoms with van der Waals surface area (Å²) in [6, 6.07) is 5.65. The van der Waals surface area contributed by atoms with E-state index in [1.54, 1.807) is 11.8 Å². The van der Waals surface area contributed by atoms with Gasteiger partial charge in [-0.2, -0.15) is 0 Å². The van der Waals surface area contributed by atoms with Gasteiger partial charge in [-0.25, -0.2) is 0 Å². The predicted octanol–water partition coefficient (Wildman–Crippen LogP) is 2.55. The van der Waals surface area contributed by atoms with E-state index in [-0.39, 0.29) is 6.61 Å². The van der Waals surface area contributed by atoms with E-state index >= 15 is 0 Å². The highest BCUT2D eigenvalue weighted by Gasteiger charge is 1.98. The van der Waals surface area contributed by atoms with Gasteiger partial charge in [0.25, 0.3) is 0 Å². The van der Waals surface area contributed by atoms with Crippen molar-refractivity contribution >= 4 is 23.4 Å². The maximum atomic E-state index is 8.79. The molecule has 1 N–H and O–H groups in total. The molecule has 0 fully saturated rings. The summed E-state index contributed by atoms with van der Waals surface area (Å²) in [7, 11) is 0. The Morgan fingerprint density at radius 3 is 2.73 bits per heavy atom. The molecule has 0 aromatic heterocycles. The van der Waals surface area contributed by atoms with Crippen LogP contribution >= 0.6 is 23.4 Å². The molecule has 11 heavy (non-hydrogen) atoms. The molecule has 0 bridgehead atoms. The lowest BCUT2D eigenvalue weighted by atomic mass is 10.2. The Bertz CT molecular complexity index is 250. The van der Waals surface area contributed by atoms with Crippen LogP contribution in [0.1, 0.15) is 5.56 Å². The lowest BCUT2D eigenvalue weighted by Gasteiger charge is -2.01. The highest BCUT2D eigenvalue weighted by Crippen LogP contribution is 2.22. The molecular formula is C8H9ClOS. The molecule has 0 aliphatic carbocycles.